The van der Waals surface area contributed by atoms with Gasteiger partial charge in [0.05, 0.1) is 0 Å². The number of hydrogen-bond donors (Lipinski definition) is 1. The van der Waals surface area contributed by atoms with E-state index in [9.17, 15) is 0 Å². The van der Waals surface area contributed by atoms with Crippen LogP contribution in [0.25, 0.3) is 0 Å². The van der Waals surface area contributed by atoms with Crippen molar-refractivity contribution >= 4 is 5.95 Å². The van der Waals surface area contributed by atoms with E-state index in [0.717, 1.165) is 50.8 Å². The van der Waals surface area contributed by atoms with Crippen LogP contribution in [0.1, 0.15) is 37.9 Å². The Morgan fingerprint density at radius 3 is 2.90 bits per heavy atom. The number of likely N-dealkylation sites (N-methyl/N-ethyl adjacent to an activating group) is 1. The Labute approximate surface area is 128 Å². The molecule has 2 rings (SSSR count). The summed E-state index contributed by atoms with van der Waals surface area (Å²) < 4.78 is 0. The van der Waals surface area contributed by atoms with Crippen LogP contribution in [0.3, 0.4) is 0 Å². The molecule has 0 aliphatic carbocycles. The molecule has 5 heteroatoms. The molecule has 0 saturated carbocycles. The number of nitrogens with one attached hydrogen (secondary N) is 1. The molecule has 21 heavy (non-hydrogen) atoms. The number of hydrogen-bond acceptors (Lipinski definition) is 5. The molecule has 0 radical (unpaired) electrons. The van der Waals surface area contributed by atoms with Crippen molar-refractivity contribution in [2.45, 2.75) is 46.2 Å². The van der Waals surface area contributed by atoms with E-state index in [0.29, 0.717) is 6.04 Å². The molecule has 0 amide bonds. The van der Waals surface area contributed by atoms with Crippen LogP contribution in [0.15, 0.2) is 6.20 Å². The fourth-order valence-electron chi connectivity index (χ4n) is 2.86. The molecule has 1 unspecified atom stereocenters. The lowest BCUT2D eigenvalue weighted by atomic mass is 10.2. The average Bonchev–Trinajstić information content (AvgIpc) is 2.61. The van der Waals surface area contributed by atoms with Crippen LogP contribution in [0.2, 0.25) is 0 Å². The van der Waals surface area contributed by atoms with Gasteiger partial charge in [-0.2, -0.15) is 0 Å². The van der Waals surface area contributed by atoms with Gasteiger partial charge in [0, 0.05) is 43.1 Å². The molecule has 0 aromatic carbocycles. The minimum Gasteiger partial charge on any atom is -0.337 e. The van der Waals surface area contributed by atoms with Gasteiger partial charge in [-0.25, -0.2) is 9.97 Å². The standard InChI is InChI=1S/C16H29N5/c1-5-7-17-10-15-11-18-16(19-14(15)3)21-9-6-8-20(4)12-13(21)2/h11,13,17H,5-10,12H2,1-4H3. The average molecular weight is 291 g/mol. The van der Waals surface area contributed by atoms with Gasteiger partial charge in [-0.1, -0.05) is 6.92 Å². The van der Waals surface area contributed by atoms with Crippen molar-refractivity contribution in [3.8, 4) is 0 Å². The van der Waals surface area contributed by atoms with Crippen molar-refractivity contribution in [3.05, 3.63) is 17.5 Å². The SMILES string of the molecule is CCCNCc1cnc(N2CCCN(C)CC2C)nc1C. The van der Waals surface area contributed by atoms with E-state index in [1.54, 1.807) is 0 Å². The van der Waals surface area contributed by atoms with Crippen LogP contribution in [0.4, 0.5) is 5.95 Å². The zero-order chi connectivity index (χ0) is 15.2. The number of aromatic nitrogens is 2. The highest BCUT2D eigenvalue weighted by atomic mass is 15.3. The minimum atomic E-state index is 0.459. The molecule has 0 bridgehead atoms. The Morgan fingerprint density at radius 1 is 1.38 bits per heavy atom. The third-order valence-corrected chi connectivity index (χ3v) is 4.11. The Balaban J connectivity index is 2.07. The number of nitrogens with zero attached hydrogens (tertiary/aromatic N) is 4. The predicted molar refractivity (Wildman–Crippen MR) is 87.7 cm³/mol. The first-order valence-corrected chi connectivity index (χ1v) is 8.10. The summed E-state index contributed by atoms with van der Waals surface area (Å²) in [5.41, 5.74) is 2.29. The van der Waals surface area contributed by atoms with E-state index in [4.69, 9.17) is 4.98 Å². The molecule has 0 spiro atoms. The van der Waals surface area contributed by atoms with Gasteiger partial charge in [-0.05, 0) is 46.8 Å². The number of rotatable bonds is 5. The number of aryl methyl sites for hydroxylation is 1. The molecule has 1 aliphatic rings. The highest BCUT2D eigenvalue weighted by Crippen LogP contribution is 2.17. The zero-order valence-corrected chi connectivity index (χ0v) is 13.9. The molecule has 118 valence electrons. The second kappa shape index (κ2) is 7.71. The number of anilines is 1. The van der Waals surface area contributed by atoms with Crippen LogP contribution in [-0.4, -0.2) is 54.1 Å². The van der Waals surface area contributed by atoms with Crippen molar-refractivity contribution in [2.24, 2.45) is 0 Å². The lowest BCUT2D eigenvalue weighted by molar-refractivity contribution is 0.337. The molecule has 1 aromatic rings. The summed E-state index contributed by atoms with van der Waals surface area (Å²) >= 11 is 0. The summed E-state index contributed by atoms with van der Waals surface area (Å²) in [6.45, 7) is 11.7. The molecule has 1 aromatic heterocycles. The predicted octanol–water partition coefficient (Wildman–Crippen LogP) is 1.82. The van der Waals surface area contributed by atoms with Gasteiger partial charge in [0.15, 0.2) is 0 Å². The largest absolute Gasteiger partial charge is 0.337 e. The van der Waals surface area contributed by atoms with Crippen LogP contribution < -0.4 is 10.2 Å². The molecule has 1 atom stereocenters. The van der Waals surface area contributed by atoms with Crippen molar-refractivity contribution < 1.29 is 0 Å². The van der Waals surface area contributed by atoms with Crippen LogP contribution >= 0.6 is 0 Å². The van der Waals surface area contributed by atoms with Crippen molar-refractivity contribution in [1.82, 2.24) is 20.2 Å². The molecule has 1 aliphatic heterocycles. The second-order valence-corrected chi connectivity index (χ2v) is 6.12. The second-order valence-electron chi connectivity index (χ2n) is 6.12. The Hall–Kier alpha value is -1.20. The van der Waals surface area contributed by atoms with E-state index in [1.807, 2.05) is 6.20 Å². The van der Waals surface area contributed by atoms with E-state index in [1.165, 1.54) is 12.0 Å². The first kappa shape index (κ1) is 16.2. The lowest BCUT2D eigenvalue weighted by Crippen LogP contribution is -2.39. The van der Waals surface area contributed by atoms with Gasteiger partial charge >= 0.3 is 0 Å². The third-order valence-electron chi connectivity index (χ3n) is 4.11. The molecule has 1 N–H and O–H groups in total. The maximum absolute atomic E-state index is 4.75. The molecular formula is C16H29N5. The van der Waals surface area contributed by atoms with E-state index in [2.05, 4.69) is 47.9 Å². The van der Waals surface area contributed by atoms with E-state index in [-0.39, 0.29) is 0 Å². The van der Waals surface area contributed by atoms with Gasteiger partial charge in [-0.15, -0.1) is 0 Å². The van der Waals surface area contributed by atoms with Gasteiger partial charge in [0.25, 0.3) is 0 Å². The van der Waals surface area contributed by atoms with E-state index < -0.39 is 0 Å². The highest BCUT2D eigenvalue weighted by molar-refractivity contribution is 5.34. The summed E-state index contributed by atoms with van der Waals surface area (Å²) in [7, 11) is 2.19. The smallest absolute Gasteiger partial charge is 0.225 e. The lowest BCUT2D eigenvalue weighted by Gasteiger charge is -2.28. The van der Waals surface area contributed by atoms with Crippen LogP contribution in [0.5, 0.6) is 0 Å². The Kier molecular flexibility index (Phi) is 5.94. The van der Waals surface area contributed by atoms with Crippen LogP contribution in [0, 0.1) is 6.92 Å². The molecule has 1 saturated heterocycles. The van der Waals surface area contributed by atoms with E-state index >= 15 is 0 Å². The summed E-state index contributed by atoms with van der Waals surface area (Å²) in [6.07, 6.45) is 4.31. The topological polar surface area (TPSA) is 44.3 Å². The fourth-order valence-corrected chi connectivity index (χ4v) is 2.86. The van der Waals surface area contributed by atoms with Gasteiger partial charge in [0.2, 0.25) is 5.95 Å². The molecule has 5 nitrogen and oxygen atoms in total. The Bertz CT molecular complexity index is 448. The summed E-state index contributed by atoms with van der Waals surface area (Å²) in [6, 6.07) is 0.459. The monoisotopic (exact) mass is 291 g/mol. The first-order valence-electron chi connectivity index (χ1n) is 8.10. The van der Waals surface area contributed by atoms with Crippen molar-refractivity contribution in [1.29, 1.82) is 0 Å². The van der Waals surface area contributed by atoms with Crippen molar-refractivity contribution in [3.63, 3.8) is 0 Å². The quantitative estimate of drug-likeness (QED) is 0.838. The van der Waals surface area contributed by atoms with Crippen molar-refractivity contribution in [2.75, 3.05) is 38.1 Å². The zero-order valence-electron chi connectivity index (χ0n) is 13.9. The molecule has 2 heterocycles. The van der Waals surface area contributed by atoms with Crippen LogP contribution in [-0.2, 0) is 6.54 Å². The molecular weight excluding hydrogens is 262 g/mol. The van der Waals surface area contributed by atoms with Gasteiger partial charge in [0.1, 0.15) is 0 Å². The highest BCUT2D eigenvalue weighted by Gasteiger charge is 2.22. The first-order chi connectivity index (χ1) is 10.1. The third kappa shape index (κ3) is 4.38. The fraction of sp³-hybridized carbons (Fsp3) is 0.750. The summed E-state index contributed by atoms with van der Waals surface area (Å²) in [5, 5.41) is 3.42. The maximum Gasteiger partial charge on any atom is 0.225 e. The maximum atomic E-state index is 4.75. The van der Waals surface area contributed by atoms with Gasteiger partial charge < -0.3 is 15.1 Å². The molecule has 1 fully saturated rings. The summed E-state index contributed by atoms with van der Waals surface area (Å²) in [4.78, 5) is 14.1. The Morgan fingerprint density at radius 2 is 2.19 bits per heavy atom. The minimum absolute atomic E-state index is 0.459. The summed E-state index contributed by atoms with van der Waals surface area (Å²) in [5.74, 6) is 0.884. The van der Waals surface area contributed by atoms with Gasteiger partial charge in [-0.3, -0.25) is 0 Å². The normalized spacial score (nSPS) is 20.6.